The van der Waals surface area contributed by atoms with Gasteiger partial charge in [0.15, 0.2) is 0 Å². The minimum Gasteiger partial charge on any atom is -0.492 e. The van der Waals surface area contributed by atoms with E-state index in [1.54, 1.807) is 0 Å². The molecule has 2 unspecified atom stereocenters. The molecule has 0 saturated heterocycles. The van der Waals surface area contributed by atoms with Gasteiger partial charge in [0.1, 0.15) is 5.75 Å². The van der Waals surface area contributed by atoms with Crippen molar-refractivity contribution in [3.63, 3.8) is 0 Å². The van der Waals surface area contributed by atoms with Gasteiger partial charge in [-0.25, -0.2) is 0 Å². The summed E-state index contributed by atoms with van der Waals surface area (Å²) in [5, 5.41) is 12.5. The first-order valence-corrected chi connectivity index (χ1v) is 8.03. The van der Waals surface area contributed by atoms with Crippen molar-refractivity contribution in [1.82, 2.24) is 5.32 Å². The molecule has 2 N–H and O–H groups in total. The van der Waals surface area contributed by atoms with Crippen LogP contribution >= 0.6 is 31.9 Å². The third-order valence-electron chi connectivity index (χ3n) is 3.12. The molecule has 5 heteroatoms. The zero-order chi connectivity index (χ0) is 14.4. The van der Waals surface area contributed by atoms with E-state index in [1.807, 2.05) is 13.8 Å². The molecule has 0 fully saturated rings. The van der Waals surface area contributed by atoms with Crippen molar-refractivity contribution in [1.29, 1.82) is 0 Å². The number of ether oxygens (including phenoxy) is 1. The fourth-order valence-corrected chi connectivity index (χ4v) is 3.15. The maximum Gasteiger partial charge on any atom is 0.147 e. The standard InChI is InChI=1S/C14H21Br2NO2/c1-4-19-14-12(15)5-11(6-13(14)16)7-17-10(3)9(2)8-18/h5-6,9-10,17-18H,4,7-8H2,1-3H3. The number of benzene rings is 1. The fourth-order valence-electron chi connectivity index (χ4n) is 1.63. The van der Waals surface area contributed by atoms with Crippen molar-refractivity contribution < 1.29 is 9.84 Å². The highest BCUT2D eigenvalue weighted by atomic mass is 79.9. The molecular weight excluding hydrogens is 374 g/mol. The van der Waals surface area contributed by atoms with Crippen molar-refractivity contribution in [3.05, 3.63) is 26.6 Å². The molecule has 108 valence electrons. The predicted molar refractivity (Wildman–Crippen MR) is 85.6 cm³/mol. The summed E-state index contributed by atoms with van der Waals surface area (Å²) >= 11 is 7.05. The molecule has 19 heavy (non-hydrogen) atoms. The lowest BCUT2D eigenvalue weighted by Crippen LogP contribution is -2.33. The van der Waals surface area contributed by atoms with Gasteiger partial charge < -0.3 is 15.2 Å². The third-order valence-corrected chi connectivity index (χ3v) is 4.29. The Hall–Kier alpha value is -0.100. The first-order valence-electron chi connectivity index (χ1n) is 6.44. The smallest absolute Gasteiger partial charge is 0.147 e. The fraction of sp³-hybridized carbons (Fsp3) is 0.571. The number of aliphatic hydroxyl groups excluding tert-OH is 1. The van der Waals surface area contributed by atoms with Gasteiger partial charge in [-0.05, 0) is 69.3 Å². The second-order valence-electron chi connectivity index (χ2n) is 4.65. The largest absolute Gasteiger partial charge is 0.492 e. The first kappa shape index (κ1) is 17.0. The van der Waals surface area contributed by atoms with Gasteiger partial charge in [0.05, 0.1) is 15.6 Å². The van der Waals surface area contributed by atoms with E-state index in [9.17, 15) is 0 Å². The second kappa shape index (κ2) is 8.25. The van der Waals surface area contributed by atoms with Gasteiger partial charge in [0.25, 0.3) is 0 Å². The second-order valence-corrected chi connectivity index (χ2v) is 6.36. The molecule has 2 atom stereocenters. The Balaban J connectivity index is 2.70. The molecular formula is C14H21Br2NO2. The Bertz CT molecular complexity index is 389. The van der Waals surface area contributed by atoms with E-state index in [0.29, 0.717) is 6.61 Å². The number of nitrogens with one attached hydrogen (secondary N) is 1. The van der Waals surface area contributed by atoms with Gasteiger partial charge in [0, 0.05) is 19.2 Å². The zero-order valence-electron chi connectivity index (χ0n) is 11.5. The third kappa shape index (κ3) is 5.06. The molecule has 0 aliphatic rings. The molecule has 0 radical (unpaired) electrons. The van der Waals surface area contributed by atoms with E-state index in [1.165, 1.54) is 5.56 Å². The molecule has 1 aromatic carbocycles. The maximum atomic E-state index is 9.11. The summed E-state index contributed by atoms with van der Waals surface area (Å²) in [5.41, 5.74) is 1.17. The SMILES string of the molecule is CCOc1c(Br)cc(CNC(C)C(C)CO)cc1Br. The molecule has 0 amide bonds. The van der Waals surface area contributed by atoms with Crippen LogP contribution in [0.3, 0.4) is 0 Å². The Morgan fingerprint density at radius 1 is 1.26 bits per heavy atom. The van der Waals surface area contributed by atoms with E-state index in [-0.39, 0.29) is 18.6 Å². The molecule has 0 aromatic heterocycles. The van der Waals surface area contributed by atoms with Gasteiger partial charge in [-0.15, -0.1) is 0 Å². The van der Waals surface area contributed by atoms with E-state index in [2.05, 4.69) is 56.2 Å². The summed E-state index contributed by atoms with van der Waals surface area (Å²) in [4.78, 5) is 0. The molecule has 0 bridgehead atoms. The highest BCUT2D eigenvalue weighted by Crippen LogP contribution is 2.34. The normalized spacial score (nSPS) is 14.2. The summed E-state index contributed by atoms with van der Waals surface area (Å²) in [6, 6.07) is 4.38. The Morgan fingerprint density at radius 2 is 1.84 bits per heavy atom. The zero-order valence-corrected chi connectivity index (χ0v) is 14.7. The molecule has 0 aliphatic carbocycles. The summed E-state index contributed by atoms with van der Waals surface area (Å²) in [6.07, 6.45) is 0. The van der Waals surface area contributed by atoms with Gasteiger partial charge >= 0.3 is 0 Å². The van der Waals surface area contributed by atoms with Crippen LogP contribution in [0.5, 0.6) is 5.75 Å². The average Bonchev–Trinajstić information content (AvgIpc) is 2.39. The van der Waals surface area contributed by atoms with Crippen LogP contribution in [0.4, 0.5) is 0 Å². The summed E-state index contributed by atoms with van der Waals surface area (Å²) in [6.45, 7) is 7.67. The Labute approximate surface area is 132 Å². The number of halogens is 2. The topological polar surface area (TPSA) is 41.5 Å². The Morgan fingerprint density at radius 3 is 2.32 bits per heavy atom. The lowest BCUT2D eigenvalue weighted by Gasteiger charge is -2.20. The van der Waals surface area contributed by atoms with Crippen LogP contribution in [0.2, 0.25) is 0 Å². The summed E-state index contributed by atoms with van der Waals surface area (Å²) < 4.78 is 7.45. The molecule has 1 aromatic rings. The van der Waals surface area contributed by atoms with Crippen LogP contribution in [0.15, 0.2) is 21.1 Å². The molecule has 1 rings (SSSR count). The molecule has 0 aliphatic heterocycles. The summed E-state index contributed by atoms with van der Waals surface area (Å²) in [5.74, 6) is 1.08. The lowest BCUT2D eigenvalue weighted by atomic mass is 10.0. The monoisotopic (exact) mass is 393 g/mol. The maximum absolute atomic E-state index is 9.11. The van der Waals surface area contributed by atoms with Crippen LogP contribution in [0, 0.1) is 5.92 Å². The minimum atomic E-state index is 0.199. The molecule has 0 heterocycles. The number of aliphatic hydroxyl groups is 1. The van der Waals surface area contributed by atoms with Crippen molar-refractivity contribution in [2.45, 2.75) is 33.4 Å². The van der Waals surface area contributed by atoms with Crippen LogP contribution in [0.1, 0.15) is 26.3 Å². The summed E-state index contributed by atoms with van der Waals surface area (Å²) in [7, 11) is 0. The quantitative estimate of drug-likeness (QED) is 0.740. The Kier molecular flexibility index (Phi) is 7.36. The number of hydrogen-bond acceptors (Lipinski definition) is 3. The van der Waals surface area contributed by atoms with Crippen LogP contribution in [-0.2, 0) is 6.54 Å². The van der Waals surface area contributed by atoms with Gasteiger partial charge in [-0.2, -0.15) is 0 Å². The van der Waals surface area contributed by atoms with Crippen molar-refractivity contribution in [3.8, 4) is 5.75 Å². The van der Waals surface area contributed by atoms with E-state index in [0.717, 1.165) is 21.2 Å². The highest BCUT2D eigenvalue weighted by molar-refractivity contribution is 9.11. The van der Waals surface area contributed by atoms with Crippen molar-refractivity contribution in [2.24, 2.45) is 5.92 Å². The minimum absolute atomic E-state index is 0.199. The lowest BCUT2D eigenvalue weighted by molar-refractivity contribution is 0.207. The molecule has 0 saturated carbocycles. The van der Waals surface area contributed by atoms with Crippen molar-refractivity contribution in [2.75, 3.05) is 13.2 Å². The van der Waals surface area contributed by atoms with Gasteiger partial charge in [0.2, 0.25) is 0 Å². The van der Waals surface area contributed by atoms with Crippen molar-refractivity contribution >= 4 is 31.9 Å². The number of hydrogen-bond donors (Lipinski definition) is 2. The first-order chi connectivity index (χ1) is 8.99. The van der Waals surface area contributed by atoms with E-state index < -0.39 is 0 Å². The van der Waals surface area contributed by atoms with Gasteiger partial charge in [-0.3, -0.25) is 0 Å². The van der Waals surface area contributed by atoms with E-state index in [4.69, 9.17) is 9.84 Å². The average molecular weight is 395 g/mol. The van der Waals surface area contributed by atoms with E-state index >= 15 is 0 Å². The van der Waals surface area contributed by atoms with Gasteiger partial charge in [-0.1, -0.05) is 6.92 Å². The molecule has 0 spiro atoms. The van der Waals surface area contributed by atoms with Crippen LogP contribution in [-0.4, -0.2) is 24.4 Å². The molecule has 3 nitrogen and oxygen atoms in total. The van der Waals surface area contributed by atoms with Crippen LogP contribution < -0.4 is 10.1 Å². The number of rotatable bonds is 7. The van der Waals surface area contributed by atoms with Crippen LogP contribution in [0.25, 0.3) is 0 Å². The highest BCUT2D eigenvalue weighted by Gasteiger charge is 2.12. The predicted octanol–water partition coefficient (Wildman–Crippen LogP) is 3.72.